The number of hydrogen-bond donors (Lipinski definition) is 2. The first-order chi connectivity index (χ1) is 6.54. The van der Waals surface area contributed by atoms with Gasteiger partial charge in [-0.2, -0.15) is 0 Å². The van der Waals surface area contributed by atoms with Gasteiger partial charge in [-0.3, -0.25) is 0 Å². The molecule has 4 N–H and O–H groups in total. The average Bonchev–Trinajstić information content (AvgIpc) is 1.73. The summed E-state index contributed by atoms with van der Waals surface area (Å²) in [5, 5.41) is 0. The van der Waals surface area contributed by atoms with Crippen molar-refractivity contribution >= 4 is 0 Å². The van der Waals surface area contributed by atoms with Gasteiger partial charge in [0.05, 0.1) is 11.2 Å². The molecule has 0 aliphatic heterocycles. The molecule has 0 fully saturated rings. The van der Waals surface area contributed by atoms with Crippen LogP contribution in [0.4, 0.5) is 0 Å². The smallest absolute Gasteiger partial charge is 0.0648 e. The van der Waals surface area contributed by atoms with Crippen LogP contribution in [0, 0.1) is 0 Å². The van der Waals surface area contributed by atoms with Crippen molar-refractivity contribution < 1.29 is 4.74 Å². The van der Waals surface area contributed by atoms with E-state index in [4.69, 9.17) is 16.2 Å². The molecule has 0 spiro atoms. The monoisotopic (exact) mass is 216 g/mol. The lowest BCUT2D eigenvalue weighted by molar-refractivity contribution is -0.132. The van der Waals surface area contributed by atoms with E-state index in [0.717, 1.165) is 12.8 Å². The van der Waals surface area contributed by atoms with Gasteiger partial charge in [0.2, 0.25) is 0 Å². The zero-order chi connectivity index (χ0) is 12.3. The molecule has 0 aromatic heterocycles. The predicted octanol–water partition coefficient (Wildman–Crippen LogP) is 2.03. The fourth-order valence-corrected chi connectivity index (χ4v) is 2.38. The molecule has 0 saturated carbocycles. The second kappa shape index (κ2) is 5.28. The molecule has 0 aliphatic rings. The van der Waals surface area contributed by atoms with Crippen LogP contribution in [-0.2, 0) is 4.74 Å². The van der Waals surface area contributed by atoms with Gasteiger partial charge < -0.3 is 16.2 Å². The Labute approximate surface area is 94.5 Å². The Morgan fingerprint density at radius 1 is 0.867 bits per heavy atom. The zero-order valence-corrected chi connectivity index (χ0v) is 11.1. The van der Waals surface area contributed by atoms with Crippen molar-refractivity contribution in [2.45, 2.75) is 77.7 Å². The minimum atomic E-state index is -0.188. The Morgan fingerprint density at radius 3 is 1.33 bits per heavy atom. The van der Waals surface area contributed by atoms with Crippen LogP contribution in [-0.4, -0.2) is 23.3 Å². The third-order valence-corrected chi connectivity index (χ3v) is 2.18. The van der Waals surface area contributed by atoms with Gasteiger partial charge in [0.1, 0.15) is 0 Å². The predicted molar refractivity (Wildman–Crippen MR) is 65.8 cm³/mol. The summed E-state index contributed by atoms with van der Waals surface area (Å²) in [5.41, 5.74) is 11.2. The third kappa shape index (κ3) is 7.77. The van der Waals surface area contributed by atoms with Crippen LogP contribution in [0.3, 0.4) is 0 Å². The molecule has 0 radical (unpaired) electrons. The van der Waals surface area contributed by atoms with Crippen molar-refractivity contribution in [1.82, 2.24) is 0 Å². The Hall–Kier alpha value is -0.120. The van der Waals surface area contributed by atoms with Gasteiger partial charge in [-0.05, 0) is 54.4 Å². The number of rotatable bonds is 6. The summed E-state index contributed by atoms with van der Waals surface area (Å²) < 4.78 is 6.09. The minimum Gasteiger partial charge on any atom is -0.370 e. The molecule has 2 atom stereocenters. The lowest BCUT2D eigenvalue weighted by atomic mass is 9.95. The molecule has 0 heterocycles. The van der Waals surface area contributed by atoms with Gasteiger partial charge in [0.25, 0.3) is 0 Å². The summed E-state index contributed by atoms with van der Waals surface area (Å²) in [5.74, 6) is 0. The second-order valence-corrected chi connectivity index (χ2v) is 5.98. The van der Waals surface area contributed by atoms with E-state index < -0.39 is 0 Å². The average molecular weight is 216 g/mol. The van der Waals surface area contributed by atoms with Crippen LogP contribution >= 0.6 is 0 Å². The minimum absolute atomic E-state index is 0.158. The summed E-state index contributed by atoms with van der Waals surface area (Å²) in [7, 11) is 0. The van der Waals surface area contributed by atoms with Gasteiger partial charge in [0, 0.05) is 12.1 Å². The topological polar surface area (TPSA) is 61.3 Å². The van der Waals surface area contributed by atoms with E-state index in [1.807, 2.05) is 13.8 Å². The highest BCUT2D eigenvalue weighted by atomic mass is 16.5. The molecule has 2 unspecified atom stereocenters. The van der Waals surface area contributed by atoms with Gasteiger partial charge in [-0.1, -0.05) is 0 Å². The van der Waals surface area contributed by atoms with Crippen LogP contribution in [0.1, 0.15) is 54.4 Å². The molecule has 0 aromatic carbocycles. The van der Waals surface area contributed by atoms with Crippen molar-refractivity contribution in [1.29, 1.82) is 0 Å². The molecule has 0 saturated heterocycles. The summed E-state index contributed by atoms with van der Waals surface area (Å²) in [6.07, 6.45) is 1.71. The molecule has 3 nitrogen and oxygen atoms in total. The highest BCUT2D eigenvalue weighted by molar-refractivity contribution is 4.81. The molecular formula is C12H28N2O. The summed E-state index contributed by atoms with van der Waals surface area (Å²) in [6, 6.07) is 0.317. The van der Waals surface area contributed by atoms with Crippen LogP contribution in [0.15, 0.2) is 0 Å². The molecule has 0 aromatic rings. The Morgan fingerprint density at radius 2 is 1.13 bits per heavy atom. The maximum absolute atomic E-state index is 6.09. The highest BCUT2D eigenvalue weighted by Gasteiger charge is 2.30. The molecule has 92 valence electrons. The van der Waals surface area contributed by atoms with E-state index in [1.165, 1.54) is 0 Å². The number of nitrogens with two attached hydrogens (primary N) is 2. The molecule has 0 bridgehead atoms. The standard InChI is InChI=1S/C12H28N2O/c1-9(13)7-11(3,4)15-12(5,6)8-10(2)14/h9-10H,7-8,13-14H2,1-6H3. The molecule has 0 amide bonds. The van der Waals surface area contributed by atoms with Crippen LogP contribution in [0.25, 0.3) is 0 Å². The van der Waals surface area contributed by atoms with E-state index in [1.54, 1.807) is 0 Å². The zero-order valence-electron chi connectivity index (χ0n) is 11.1. The lowest BCUT2D eigenvalue weighted by Gasteiger charge is -2.38. The lowest BCUT2D eigenvalue weighted by Crippen LogP contribution is -2.42. The van der Waals surface area contributed by atoms with E-state index in [9.17, 15) is 0 Å². The van der Waals surface area contributed by atoms with Gasteiger partial charge >= 0.3 is 0 Å². The summed E-state index contributed by atoms with van der Waals surface area (Å²) >= 11 is 0. The van der Waals surface area contributed by atoms with E-state index in [-0.39, 0.29) is 23.3 Å². The van der Waals surface area contributed by atoms with E-state index >= 15 is 0 Å². The van der Waals surface area contributed by atoms with Crippen LogP contribution < -0.4 is 11.5 Å². The number of hydrogen-bond acceptors (Lipinski definition) is 3. The molecule has 15 heavy (non-hydrogen) atoms. The largest absolute Gasteiger partial charge is 0.370 e. The van der Waals surface area contributed by atoms with Crippen molar-refractivity contribution in [3.8, 4) is 0 Å². The molecule has 0 rings (SSSR count). The first-order valence-electron chi connectivity index (χ1n) is 5.75. The van der Waals surface area contributed by atoms with Crippen molar-refractivity contribution in [3.63, 3.8) is 0 Å². The quantitative estimate of drug-likeness (QED) is 0.714. The fourth-order valence-electron chi connectivity index (χ4n) is 2.38. The van der Waals surface area contributed by atoms with Crippen molar-refractivity contribution in [2.24, 2.45) is 11.5 Å². The molecule has 3 heteroatoms. The van der Waals surface area contributed by atoms with E-state index in [2.05, 4.69) is 27.7 Å². The SMILES string of the molecule is CC(N)CC(C)(C)OC(C)(C)CC(C)N. The summed E-state index contributed by atoms with van der Waals surface area (Å²) in [6.45, 7) is 12.3. The van der Waals surface area contributed by atoms with Gasteiger partial charge in [-0.15, -0.1) is 0 Å². The van der Waals surface area contributed by atoms with Gasteiger partial charge in [-0.25, -0.2) is 0 Å². The van der Waals surface area contributed by atoms with Crippen LogP contribution in [0.2, 0.25) is 0 Å². The maximum Gasteiger partial charge on any atom is 0.0648 e. The fraction of sp³-hybridized carbons (Fsp3) is 1.00. The maximum atomic E-state index is 6.09. The molecule has 0 aliphatic carbocycles. The second-order valence-electron chi connectivity index (χ2n) is 5.98. The Kier molecular flexibility index (Phi) is 5.24. The Bertz CT molecular complexity index is 166. The Balaban J connectivity index is 4.29. The first-order valence-corrected chi connectivity index (χ1v) is 5.75. The van der Waals surface area contributed by atoms with Crippen LogP contribution in [0.5, 0.6) is 0 Å². The normalized spacial score (nSPS) is 17.6. The third-order valence-electron chi connectivity index (χ3n) is 2.18. The van der Waals surface area contributed by atoms with Crippen molar-refractivity contribution in [3.05, 3.63) is 0 Å². The number of ether oxygens (including phenoxy) is 1. The van der Waals surface area contributed by atoms with Crippen molar-refractivity contribution in [2.75, 3.05) is 0 Å². The highest BCUT2D eigenvalue weighted by Crippen LogP contribution is 2.27. The molecular weight excluding hydrogens is 188 g/mol. The van der Waals surface area contributed by atoms with E-state index in [0.29, 0.717) is 0 Å². The first kappa shape index (κ1) is 14.9. The van der Waals surface area contributed by atoms with Gasteiger partial charge in [0.15, 0.2) is 0 Å². The summed E-state index contributed by atoms with van der Waals surface area (Å²) in [4.78, 5) is 0.